The highest BCUT2D eigenvalue weighted by Crippen LogP contribution is 2.31. The van der Waals surface area contributed by atoms with E-state index in [1.54, 1.807) is 0 Å². The SMILES string of the molecule is CC(N)c1cc(C(c2ccccc2)c2ccccc2)no1. The Morgan fingerprint density at radius 3 is 1.86 bits per heavy atom. The van der Waals surface area contributed by atoms with Gasteiger partial charge in [0.2, 0.25) is 0 Å². The van der Waals surface area contributed by atoms with Gasteiger partial charge in [-0.15, -0.1) is 0 Å². The van der Waals surface area contributed by atoms with Gasteiger partial charge in [0.1, 0.15) is 0 Å². The second-order valence-corrected chi connectivity index (χ2v) is 5.20. The summed E-state index contributed by atoms with van der Waals surface area (Å²) in [5.74, 6) is 0.769. The molecule has 3 aromatic rings. The van der Waals surface area contributed by atoms with E-state index in [4.69, 9.17) is 10.3 Å². The molecule has 1 aromatic heterocycles. The average Bonchev–Trinajstić information content (AvgIpc) is 3.00. The minimum atomic E-state index is -0.154. The molecule has 0 saturated heterocycles. The highest BCUT2D eigenvalue weighted by Gasteiger charge is 2.21. The zero-order valence-corrected chi connectivity index (χ0v) is 11.9. The molecule has 3 rings (SSSR count). The van der Waals surface area contributed by atoms with E-state index >= 15 is 0 Å². The van der Waals surface area contributed by atoms with Gasteiger partial charge in [-0.05, 0) is 18.1 Å². The molecule has 0 aliphatic rings. The highest BCUT2D eigenvalue weighted by atomic mass is 16.5. The molecule has 0 aliphatic heterocycles. The normalized spacial score (nSPS) is 12.5. The minimum absolute atomic E-state index is 0.0589. The van der Waals surface area contributed by atoms with Gasteiger partial charge < -0.3 is 10.3 Å². The molecule has 106 valence electrons. The standard InChI is InChI=1S/C18H18N2O/c1-13(19)17-12-16(20-21-17)18(14-8-4-2-5-9-14)15-10-6-3-7-11-15/h2-13,18H,19H2,1H3. The maximum absolute atomic E-state index is 5.87. The van der Waals surface area contributed by atoms with E-state index in [-0.39, 0.29) is 12.0 Å². The maximum atomic E-state index is 5.87. The van der Waals surface area contributed by atoms with Crippen LogP contribution in [0.4, 0.5) is 0 Å². The predicted octanol–water partition coefficient (Wildman–Crippen LogP) is 3.87. The molecule has 0 amide bonds. The Morgan fingerprint density at radius 2 is 1.43 bits per heavy atom. The van der Waals surface area contributed by atoms with Crippen molar-refractivity contribution in [1.29, 1.82) is 0 Å². The molecule has 1 unspecified atom stereocenters. The zero-order valence-electron chi connectivity index (χ0n) is 11.9. The number of benzene rings is 2. The van der Waals surface area contributed by atoms with E-state index in [1.165, 1.54) is 11.1 Å². The molecule has 3 nitrogen and oxygen atoms in total. The fourth-order valence-electron chi connectivity index (χ4n) is 2.48. The quantitative estimate of drug-likeness (QED) is 0.788. The first-order chi connectivity index (χ1) is 10.3. The lowest BCUT2D eigenvalue weighted by Crippen LogP contribution is -2.04. The van der Waals surface area contributed by atoms with Crippen LogP contribution in [0.25, 0.3) is 0 Å². The minimum Gasteiger partial charge on any atom is -0.359 e. The molecule has 0 fully saturated rings. The summed E-state index contributed by atoms with van der Waals surface area (Å²) >= 11 is 0. The second-order valence-electron chi connectivity index (χ2n) is 5.20. The molecular weight excluding hydrogens is 260 g/mol. The zero-order chi connectivity index (χ0) is 14.7. The van der Waals surface area contributed by atoms with Gasteiger partial charge in [0.15, 0.2) is 5.76 Å². The third kappa shape index (κ3) is 2.88. The van der Waals surface area contributed by atoms with E-state index in [9.17, 15) is 0 Å². The van der Waals surface area contributed by atoms with Crippen molar-refractivity contribution in [3.8, 4) is 0 Å². The van der Waals surface area contributed by atoms with Crippen molar-refractivity contribution in [3.63, 3.8) is 0 Å². The van der Waals surface area contributed by atoms with Crippen LogP contribution in [0, 0.1) is 0 Å². The molecule has 1 heterocycles. The molecule has 1 atom stereocenters. The summed E-state index contributed by atoms with van der Waals surface area (Å²) in [7, 11) is 0. The van der Waals surface area contributed by atoms with E-state index in [1.807, 2.05) is 49.4 Å². The van der Waals surface area contributed by atoms with Gasteiger partial charge in [0.25, 0.3) is 0 Å². The van der Waals surface area contributed by atoms with Crippen LogP contribution in [0.1, 0.15) is 41.5 Å². The molecule has 0 aliphatic carbocycles. The topological polar surface area (TPSA) is 52.0 Å². The van der Waals surface area contributed by atoms with Gasteiger partial charge in [-0.1, -0.05) is 65.8 Å². The Bertz CT molecular complexity index is 650. The van der Waals surface area contributed by atoms with Gasteiger partial charge >= 0.3 is 0 Å². The van der Waals surface area contributed by atoms with Gasteiger partial charge in [0, 0.05) is 6.07 Å². The number of hydrogen-bond acceptors (Lipinski definition) is 3. The number of hydrogen-bond donors (Lipinski definition) is 1. The second kappa shape index (κ2) is 5.94. The molecule has 21 heavy (non-hydrogen) atoms. The van der Waals surface area contributed by atoms with Crippen molar-refractivity contribution >= 4 is 0 Å². The molecule has 3 heteroatoms. The van der Waals surface area contributed by atoms with Crippen molar-refractivity contribution in [2.24, 2.45) is 5.73 Å². The maximum Gasteiger partial charge on any atom is 0.153 e. The summed E-state index contributed by atoms with van der Waals surface area (Å²) in [6.45, 7) is 1.89. The van der Waals surface area contributed by atoms with Crippen LogP contribution in [-0.2, 0) is 0 Å². The van der Waals surface area contributed by atoms with Crippen LogP contribution in [-0.4, -0.2) is 5.16 Å². The Hall–Kier alpha value is -2.39. The van der Waals surface area contributed by atoms with Crippen molar-refractivity contribution < 1.29 is 4.52 Å². The third-order valence-electron chi connectivity index (χ3n) is 3.56. The van der Waals surface area contributed by atoms with E-state index in [0.717, 1.165) is 5.69 Å². The van der Waals surface area contributed by atoms with Crippen molar-refractivity contribution in [2.75, 3.05) is 0 Å². The smallest absolute Gasteiger partial charge is 0.153 e. The molecular formula is C18H18N2O. The van der Waals surface area contributed by atoms with E-state index in [2.05, 4.69) is 29.4 Å². The van der Waals surface area contributed by atoms with Crippen molar-refractivity contribution in [1.82, 2.24) is 5.16 Å². The molecule has 2 aromatic carbocycles. The molecule has 0 saturated carbocycles. The number of nitrogens with zero attached hydrogens (tertiary/aromatic N) is 1. The van der Waals surface area contributed by atoms with Crippen LogP contribution in [0.15, 0.2) is 71.3 Å². The number of rotatable bonds is 4. The average molecular weight is 278 g/mol. The van der Waals surface area contributed by atoms with Crippen molar-refractivity contribution in [2.45, 2.75) is 18.9 Å². The lowest BCUT2D eigenvalue weighted by Gasteiger charge is -2.15. The van der Waals surface area contributed by atoms with Crippen molar-refractivity contribution in [3.05, 3.63) is 89.3 Å². The summed E-state index contributed by atoms with van der Waals surface area (Å²) < 4.78 is 5.38. The van der Waals surface area contributed by atoms with Gasteiger partial charge in [-0.3, -0.25) is 0 Å². The molecule has 0 spiro atoms. The van der Waals surface area contributed by atoms with Crippen LogP contribution in [0.2, 0.25) is 0 Å². The van der Waals surface area contributed by atoms with Crippen LogP contribution in [0.5, 0.6) is 0 Å². The lowest BCUT2D eigenvalue weighted by molar-refractivity contribution is 0.362. The van der Waals surface area contributed by atoms with Gasteiger partial charge in [-0.25, -0.2) is 0 Å². The fourth-order valence-corrected chi connectivity index (χ4v) is 2.48. The summed E-state index contributed by atoms with van der Waals surface area (Å²) in [6.07, 6.45) is 0. The molecule has 2 N–H and O–H groups in total. The largest absolute Gasteiger partial charge is 0.359 e. The number of nitrogens with two attached hydrogens (primary N) is 1. The third-order valence-corrected chi connectivity index (χ3v) is 3.56. The lowest BCUT2D eigenvalue weighted by atomic mass is 9.88. The Labute approximate surface area is 124 Å². The van der Waals surface area contributed by atoms with Crippen LogP contribution < -0.4 is 5.73 Å². The first-order valence-corrected chi connectivity index (χ1v) is 7.07. The monoisotopic (exact) mass is 278 g/mol. The van der Waals surface area contributed by atoms with Gasteiger partial charge in [-0.2, -0.15) is 0 Å². The first kappa shape index (κ1) is 13.6. The summed E-state index contributed by atoms with van der Waals surface area (Å²) in [6, 6.07) is 22.4. The fraction of sp³-hybridized carbons (Fsp3) is 0.167. The number of aromatic nitrogens is 1. The van der Waals surface area contributed by atoms with Crippen LogP contribution in [0.3, 0.4) is 0 Å². The highest BCUT2D eigenvalue weighted by molar-refractivity contribution is 5.40. The Morgan fingerprint density at radius 1 is 0.905 bits per heavy atom. The summed E-state index contributed by atoms with van der Waals surface area (Å²) in [4.78, 5) is 0. The summed E-state index contributed by atoms with van der Waals surface area (Å²) in [5, 5.41) is 4.24. The van der Waals surface area contributed by atoms with E-state index in [0.29, 0.717) is 5.76 Å². The van der Waals surface area contributed by atoms with Gasteiger partial charge in [0.05, 0.1) is 17.7 Å². The molecule has 0 radical (unpaired) electrons. The first-order valence-electron chi connectivity index (χ1n) is 7.07. The Kier molecular flexibility index (Phi) is 3.84. The summed E-state index contributed by atoms with van der Waals surface area (Å²) in [5.41, 5.74) is 9.14. The Balaban J connectivity index is 2.08. The molecule has 0 bridgehead atoms. The van der Waals surface area contributed by atoms with E-state index < -0.39 is 0 Å². The van der Waals surface area contributed by atoms with Crippen LogP contribution >= 0.6 is 0 Å². The predicted molar refractivity (Wildman–Crippen MR) is 82.9 cm³/mol.